The van der Waals surface area contributed by atoms with Gasteiger partial charge in [-0.15, -0.1) is 17.8 Å². The molecule has 1 heterocycles. The van der Waals surface area contributed by atoms with Crippen molar-refractivity contribution in [2.24, 2.45) is 5.41 Å². The standard InChI is InChI=1S/C19H20N2O2S/c1-5-13-8-6-9-14(12-13)20-17(22)18(23)21-16(19(2,3)4)15-10-7-11-24-15/h1,6-12,16H,2-4H3,(H,20,22)(H,21,23)/t16-/m1/s1. The minimum atomic E-state index is -0.713. The van der Waals surface area contributed by atoms with E-state index in [0.717, 1.165) is 4.88 Å². The van der Waals surface area contributed by atoms with Crippen LogP contribution in [0.1, 0.15) is 37.3 Å². The lowest BCUT2D eigenvalue weighted by Crippen LogP contribution is -2.42. The Hall–Kier alpha value is -2.58. The quantitative estimate of drug-likeness (QED) is 0.663. The molecule has 124 valence electrons. The second kappa shape index (κ2) is 7.33. The van der Waals surface area contributed by atoms with E-state index in [1.54, 1.807) is 35.6 Å². The molecule has 0 saturated carbocycles. The van der Waals surface area contributed by atoms with Crippen LogP contribution in [0.2, 0.25) is 0 Å². The first-order valence-electron chi connectivity index (χ1n) is 7.53. The van der Waals surface area contributed by atoms with Crippen molar-refractivity contribution in [3.8, 4) is 12.3 Å². The lowest BCUT2D eigenvalue weighted by molar-refractivity contribution is -0.137. The maximum Gasteiger partial charge on any atom is 0.313 e. The van der Waals surface area contributed by atoms with Crippen LogP contribution in [0, 0.1) is 17.8 Å². The predicted molar refractivity (Wildman–Crippen MR) is 97.7 cm³/mol. The monoisotopic (exact) mass is 340 g/mol. The van der Waals surface area contributed by atoms with Gasteiger partial charge < -0.3 is 10.6 Å². The van der Waals surface area contributed by atoms with Gasteiger partial charge in [-0.25, -0.2) is 0 Å². The molecule has 0 aliphatic rings. The molecule has 0 fully saturated rings. The molecule has 2 amide bonds. The van der Waals surface area contributed by atoms with Gasteiger partial charge >= 0.3 is 11.8 Å². The Kier molecular flexibility index (Phi) is 5.42. The molecule has 0 aliphatic carbocycles. The summed E-state index contributed by atoms with van der Waals surface area (Å²) in [4.78, 5) is 25.5. The Bertz CT molecular complexity index is 767. The number of amides is 2. The smallest absolute Gasteiger partial charge is 0.313 e. The average Bonchev–Trinajstić information content (AvgIpc) is 3.05. The summed E-state index contributed by atoms with van der Waals surface area (Å²) < 4.78 is 0. The van der Waals surface area contributed by atoms with Crippen LogP contribution in [-0.2, 0) is 9.59 Å². The van der Waals surface area contributed by atoms with E-state index in [9.17, 15) is 9.59 Å². The van der Waals surface area contributed by atoms with Gasteiger partial charge in [0.2, 0.25) is 0 Å². The van der Waals surface area contributed by atoms with E-state index < -0.39 is 11.8 Å². The molecule has 0 aliphatic heterocycles. The highest BCUT2D eigenvalue weighted by atomic mass is 32.1. The molecule has 4 nitrogen and oxygen atoms in total. The molecule has 1 atom stereocenters. The van der Waals surface area contributed by atoms with Gasteiger partial charge in [0.05, 0.1) is 6.04 Å². The molecular weight excluding hydrogens is 320 g/mol. The Morgan fingerprint density at radius 3 is 2.50 bits per heavy atom. The lowest BCUT2D eigenvalue weighted by Gasteiger charge is -2.30. The van der Waals surface area contributed by atoms with Crippen molar-refractivity contribution in [1.29, 1.82) is 0 Å². The molecule has 1 aromatic carbocycles. The van der Waals surface area contributed by atoms with Crippen LogP contribution < -0.4 is 10.6 Å². The molecule has 0 unspecified atom stereocenters. The van der Waals surface area contributed by atoms with E-state index in [0.29, 0.717) is 11.3 Å². The molecule has 2 aromatic rings. The second-order valence-electron chi connectivity index (χ2n) is 6.47. The summed E-state index contributed by atoms with van der Waals surface area (Å²) in [6, 6.07) is 10.4. The summed E-state index contributed by atoms with van der Waals surface area (Å²) in [7, 11) is 0. The molecule has 2 N–H and O–H groups in total. The minimum Gasteiger partial charge on any atom is -0.340 e. The fourth-order valence-corrected chi connectivity index (χ4v) is 3.26. The van der Waals surface area contributed by atoms with E-state index in [-0.39, 0.29) is 11.5 Å². The van der Waals surface area contributed by atoms with Crippen molar-refractivity contribution >= 4 is 28.8 Å². The number of carbonyl (C=O) groups excluding carboxylic acids is 2. The summed E-state index contributed by atoms with van der Waals surface area (Å²) in [6.07, 6.45) is 5.34. The highest BCUT2D eigenvalue weighted by Gasteiger charge is 2.30. The molecule has 24 heavy (non-hydrogen) atoms. The number of nitrogens with one attached hydrogen (secondary N) is 2. The van der Waals surface area contributed by atoms with Gasteiger partial charge in [-0.3, -0.25) is 9.59 Å². The van der Waals surface area contributed by atoms with Gasteiger partial charge in [-0.1, -0.05) is 38.8 Å². The number of carbonyl (C=O) groups is 2. The molecule has 0 bridgehead atoms. The average molecular weight is 340 g/mol. The van der Waals surface area contributed by atoms with Crippen molar-refractivity contribution in [3.05, 3.63) is 52.2 Å². The van der Waals surface area contributed by atoms with Gasteiger partial charge in [0.1, 0.15) is 0 Å². The van der Waals surface area contributed by atoms with E-state index in [1.807, 2.05) is 38.3 Å². The fraction of sp³-hybridized carbons (Fsp3) is 0.263. The van der Waals surface area contributed by atoms with Crippen molar-refractivity contribution in [1.82, 2.24) is 5.32 Å². The van der Waals surface area contributed by atoms with Gasteiger partial charge in [0.25, 0.3) is 0 Å². The van der Waals surface area contributed by atoms with Crippen molar-refractivity contribution in [2.45, 2.75) is 26.8 Å². The zero-order valence-electron chi connectivity index (χ0n) is 13.9. The van der Waals surface area contributed by atoms with Gasteiger partial charge in [0.15, 0.2) is 0 Å². The number of terminal acetylenes is 1. The number of rotatable bonds is 3. The number of thiophene rings is 1. The predicted octanol–water partition coefficient (Wildman–Crippen LogP) is 3.57. The second-order valence-corrected chi connectivity index (χ2v) is 7.45. The minimum absolute atomic E-state index is 0.218. The maximum absolute atomic E-state index is 12.3. The van der Waals surface area contributed by atoms with Crippen molar-refractivity contribution < 1.29 is 9.59 Å². The summed E-state index contributed by atoms with van der Waals surface area (Å²) in [5.41, 5.74) is 0.915. The Labute approximate surface area is 146 Å². The molecule has 2 rings (SSSR count). The Morgan fingerprint density at radius 1 is 1.17 bits per heavy atom. The lowest BCUT2D eigenvalue weighted by atomic mass is 9.85. The molecule has 0 spiro atoms. The van der Waals surface area contributed by atoms with Crippen LogP contribution in [0.4, 0.5) is 5.69 Å². The highest BCUT2D eigenvalue weighted by Crippen LogP contribution is 2.35. The van der Waals surface area contributed by atoms with Gasteiger partial charge in [0, 0.05) is 16.1 Å². The van der Waals surface area contributed by atoms with Crippen LogP contribution in [0.25, 0.3) is 0 Å². The molecule has 1 aromatic heterocycles. The number of anilines is 1. The first kappa shape index (κ1) is 17.8. The SMILES string of the molecule is C#Cc1cccc(NC(=O)C(=O)N[C@H](c2cccs2)C(C)(C)C)c1. The first-order chi connectivity index (χ1) is 11.3. The molecular formula is C19H20N2O2S. The van der Waals surface area contributed by atoms with Crippen LogP contribution in [-0.4, -0.2) is 11.8 Å². The Morgan fingerprint density at radius 2 is 1.92 bits per heavy atom. The van der Waals surface area contributed by atoms with E-state index in [4.69, 9.17) is 6.42 Å². The third-order valence-corrected chi connectivity index (χ3v) is 4.40. The van der Waals surface area contributed by atoms with Crippen molar-refractivity contribution in [2.75, 3.05) is 5.32 Å². The van der Waals surface area contributed by atoms with Gasteiger partial charge in [-0.05, 0) is 35.1 Å². The van der Waals surface area contributed by atoms with E-state index in [2.05, 4.69) is 16.6 Å². The number of benzene rings is 1. The van der Waals surface area contributed by atoms with E-state index >= 15 is 0 Å². The summed E-state index contributed by atoms with van der Waals surface area (Å²) in [6.45, 7) is 6.06. The fourth-order valence-electron chi connectivity index (χ4n) is 2.24. The largest absolute Gasteiger partial charge is 0.340 e. The summed E-state index contributed by atoms with van der Waals surface area (Å²) in [5.74, 6) is 1.11. The van der Waals surface area contributed by atoms with Crippen LogP contribution in [0.3, 0.4) is 0 Å². The van der Waals surface area contributed by atoms with Crippen molar-refractivity contribution in [3.63, 3.8) is 0 Å². The molecule has 0 radical (unpaired) electrons. The normalized spacial score (nSPS) is 12.1. The third kappa shape index (κ3) is 4.46. The topological polar surface area (TPSA) is 58.2 Å². The number of hydrogen-bond donors (Lipinski definition) is 2. The van der Waals surface area contributed by atoms with E-state index in [1.165, 1.54) is 0 Å². The van der Waals surface area contributed by atoms with Crippen LogP contribution >= 0.6 is 11.3 Å². The number of hydrogen-bond acceptors (Lipinski definition) is 3. The first-order valence-corrected chi connectivity index (χ1v) is 8.41. The zero-order valence-corrected chi connectivity index (χ0v) is 14.7. The van der Waals surface area contributed by atoms with Gasteiger partial charge in [-0.2, -0.15) is 0 Å². The molecule has 5 heteroatoms. The molecule has 0 saturated heterocycles. The summed E-state index contributed by atoms with van der Waals surface area (Å²) in [5, 5.41) is 7.35. The Balaban J connectivity index is 2.09. The van der Waals surface area contributed by atoms with Crippen LogP contribution in [0.15, 0.2) is 41.8 Å². The van der Waals surface area contributed by atoms with Crippen LogP contribution in [0.5, 0.6) is 0 Å². The third-order valence-electron chi connectivity index (χ3n) is 3.46. The maximum atomic E-state index is 12.3. The highest BCUT2D eigenvalue weighted by molar-refractivity contribution is 7.10. The zero-order chi connectivity index (χ0) is 17.7. The summed E-state index contributed by atoms with van der Waals surface area (Å²) >= 11 is 1.55.